The molecule has 3 atom stereocenters. The molecule has 1 aliphatic rings. The van der Waals surface area contributed by atoms with Gasteiger partial charge in [0, 0.05) is 29.6 Å². The van der Waals surface area contributed by atoms with Crippen LogP contribution in [-0.2, 0) is 0 Å². The number of hydrogen-bond acceptors (Lipinski definition) is 3. The summed E-state index contributed by atoms with van der Waals surface area (Å²) in [5.41, 5.74) is 7.33. The first kappa shape index (κ1) is 13.7. The Labute approximate surface area is 113 Å². The second-order valence-corrected chi connectivity index (χ2v) is 6.49. The standard InChI is InChI=1S/C14H21FN2S/c1-9(16)12-4-5-14(13(15)8-12)17-6-7-18-11(3)10(17)2/h4-5,8-11H,6-7,16H2,1-3H3. The molecule has 1 saturated heterocycles. The third-order valence-electron chi connectivity index (χ3n) is 3.69. The van der Waals surface area contributed by atoms with Gasteiger partial charge in [0.05, 0.1) is 5.69 Å². The van der Waals surface area contributed by atoms with E-state index in [4.69, 9.17) is 5.73 Å². The number of nitrogens with zero attached hydrogens (tertiary/aromatic N) is 1. The second kappa shape index (κ2) is 5.49. The monoisotopic (exact) mass is 268 g/mol. The molecule has 1 fully saturated rings. The Balaban J connectivity index is 2.27. The highest BCUT2D eigenvalue weighted by Crippen LogP contribution is 2.31. The summed E-state index contributed by atoms with van der Waals surface area (Å²) in [6, 6.07) is 5.61. The average Bonchev–Trinajstić information content (AvgIpc) is 2.33. The molecule has 18 heavy (non-hydrogen) atoms. The SMILES string of the molecule is CC(N)c1ccc(N2CCSC(C)C2C)c(F)c1. The molecule has 100 valence electrons. The highest BCUT2D eigenvalue weighted by molar-refractivity contribution is 8.00. The van der Waals surface area contributed by atoms with Gasteiger partial charge in [-0.05, 0) is 31.5 Å². The lowest BCUT2D eigenvalue weighted by Crippen LogP contribution is -2.45. The van der Waals surface area contributed by atoms with Crippen molar-refractivity contribution in [3.8, 4) is 0 Å². The van der Waals surface area contributed by atoms with Crippen LogP contribution in [0.3, 0.4) is 0 Å². The third-order valence-corrected chi connectivity index (χ3v) is 5.03. The summed E-state index contributed by atoms with van der Waals surface area (Å²) in [6.45, 7) is 7.15. The van der Waals surface area contributed by atoms with Crippen molar-refractivity contribution in [2.75, 3.05) is 17.2 Å². The number of thioether (sulfide) groups is 1. The van der Waals surface area contributed by atoms with Crippen molar-refractivity contribution in [2.24, 2.45) is 5.73 Å². The van der Waals surface area contributed by atoms with Gasteiger partial charge >= 0.3 is 0 Å². The number of rotatable bonds is 2. The number of anilines is 1. The Hall–Kier alpha value is -0.740. The van der Waals surface area contributed by atoms with Crippen LogP contribution in [0, 0.1) is 5.82 Å². The summed E-state index contributed by atoms with van der Waals surface area (Å²) >= 11 is 1.95. The fourth-order valence-corrected chi connectivity index (χ4v) is 3.41. The minimum Gasteiger partial charge on any atom is -0.365 e. The topological polar surface area (TPSA) is 29.3 Å². The van der Waals surface area contributed by atoms with Crippen LogP contribution < -0.4 is 10.6 Å². The zero-order valence-corrected chi connectivity index (χ0v) is 12.0. The molecule has 0 radical (unpaired) electrons. The summed E-state index contributed by atoms with van der Waals surface area (Å²) in [6.07, 6.45) is 0. The van der Waals surface area contributed by atoms with Crippen molar-refractivity contribution in [1.82, 2.24) is 0 Å². The summed E-state index contributed by atoms with van der Waals surface area (Å²) in [4.78, 5) is 2.17. The van der Waals surface area contributed by atoms with Crippen LogP contribution in [0.15, 0.2) is 18.2 Å². The molecule has 2 N–H and O–H groups in total. The molecule has 2 rings (SSSR count). The van der Waals surface area contributed by atoms with E-state index < -0.39 is 0 Å². The van der Waals surface area contributed by atoms with Crippen molar-refractivity contribution in [3.63, 3.8) is 0 Å². The van der Waals surface area contributed by atoms with Crippen LogP contribution in [0.4, 0.5) is 10.1 Å². The minimum absolute atomic E-state index is 0.123. The summed E-state index contributed by atoms with van der Waals surface area (Å²) in [7, 11) is 0. The maximum absolute atomic E-state index is 14.2. The van der Waals surface area contributed by atoms with Crippen molar-refractivity contribution in [2.45, 2.75) is 38.1 Å². The second-order valence-electron chi connectivity index (χ2n) is 5.01. The molecule has 0 bridgehead atoms. The summed E-state index contributed by atoms with van der Waals surface area (Å²) in [5.74, 6) is 0.899. The van der Waals surface area contributed by atoms with Crippen molar-refractivity contribution in [1.29, 1.82) is 0 Å². The molecule has 3 unspecified atom stereocenters. The van der Waals surface area contributed by atoms with Crippen molar-refractivity contribution < 1.29 is 4.39 Å². The van der Waals surface area contributed by atoms with E-state index in [1.807, 2.05) is 30.8 Å². The van der Waals surface area contributed by atoms with Gasteiger partial charge in [0.15, 0.2) is 0 Å². The Bertz CT molecular complexity index is 422. The maximum atomic E-state index is 14.2. The molecular weight excluding hydrogens is 247 g/mol. The molecule has 1 aromatic carbocycles. The molecule has 0 spiro atoms. The minimum atomic E-state index is -0.157. The van der Waals surface area contributed by atoms with Gasteiger partial charge in [0.2, 0.25) is 0 Å². The zero-order valence-electron chi connectivity index (χ0n) is 11.2. The Morgan fingerprint density at radius 3 is 2.78 bits per heavy atom. The van der Waals surface area contributed by atoms with E-state index in [1.165, 1.54) is 0 Å². The molecule has 1 aliphatic heterocycles. The molecule has 0 amide bonds. The van der Waals surface area contributed by atoms with Gasteiger partial charge in [-0.25, -0.2) is 4.39 Å². The van der Waals surface area contributed by atoms with Crippen LogP contribution >= 0.6 is 11.8 Å². The summed E-state index contributed by atoms with van der Waals surface area (Å²) < 4.78 is 14.2. The lowest BCUT2D eigenvalue weighted by atomic mass is 10.1. The number of benzene rings is 1. The molecular formula is C14H21FN2S. The molecule has 1 heterocycles. The van der Waals surface area contributed by atoms with Gasteiger partial charge in [0.1, 0.15) is 5.82 Å². The smallest absolute Gasteiger partial charge is 0.146 e. The van der Waals surface area contributed by atoms with Gasteiger partial charge in [-0.2, -0.15) is 11.8 Å². The Morgan fingerprint density at radius 2 is 2.17 bits per heavy atom. The first-order valence-corrected chi connectivity index (χ1v) is 7.49. The quantitative estimate of drug-likeness (QED) is 0.893. The number of halogens is 1. The molecule has 0 aromatic heterocycles. The van der Waals surface area contributed by atoms with Gasteiger partial charge < -0.3 is 10.6 Å². The Kier molecular flexibility index (Phi) is 4.17. The lowest BCUT2D eigenvalue weighted by molar-refractivity contribution is 0.579. The molecule has 4 heteroatoms. The largest absolute Gasteiger partial charge is 0.365 e. The first-order valence-electron chi connectivity index (χ1n) is 6.44. The molecule has 0 saturated carbocycles. The van der Waals surface area contributed by atoms with E-state index in [1.54, 1.807) is 6.07 Å². The van der Waals surface area contributed by atoms with E-state index in [2.05, 4.69) is 18.7 Å². The summed E-state index contributed by atoms with van der Waals surface area (Å²) in [5, 5.41) is 0.534. The molecule has 0 aliphatic carbocycles. The highest BCUT2D eigenvalue weighted by atomic mass is 32.2. The van der Waals surface area contributed by atoms with Gasteiger partial charge in [-0.1, -0.05) is 13.0 Å². The van der Waals surface area contributed by atoms with E-state index >= 15 is 0 Å². The average molecular weight is 268 g/mol. The van der Waals surface area contributed by atoms with E-state index in [9.17, 15) is 4.39 Å². The van der Waals surface area contributed by atoms with Crippen molar-refractivity contribution in [3.05, 3.63) is 29.6 Å². The van der Waals surface area contributed by atoms with Gasteiger partial charge in [-0.3, -0.25) is 0 Å². The van der Waals surface area contributed by atoms with Crippen molar-refractivity contribution >= 4 is 17.4 Å². The van der Waals surface area contributed by atoms with Crippen LogP contribution in [0.2, 0.25) is 0 Å². The van der Waals surface area contributed by atoms with Crippen LogP contribution in [0.25, 0.3) is 0 Å². The first-order chi connectivity index (χ1) is 8.50. The number of hydrogen-bond donors (Lipinski definition) is 1. The van der Waals surface area contributed by atoms with Crippen LogP contribution in [0.5, 0.6) is 0 Å². The predicted molar refractivity (Wildman–Crippen MR) is 77.7 cm³/mol. The van der Waals surface area contributed by atoms with Crippen LogP contribution in [0.1, 0.15) is 32.4 Å². The predicted octanol–water partition coefficient (Wildman–Crippen LogP) is 3.18. The zero-order chi connectivity index (χ0) is 13.3. The molecule has 1 aromatic rings. The maximum Gasteiger partial charge on any atom is 0.146 e. The van der Waals surface area contributed by atoms with Gasteiger partial charge in [-0.15, -0.1) is 0 Å². The van der Waals surface area contributed by atoms with E-state index in [-0.39, 0.29) is 11.9 Å². The highest BCUT2D eigenvalue weighted by Gasteiger charge is 2.27. The lowest BCUT2D eigenvalue weighted by Gasteiger charge is -2.39. The van der Waals surface area contributed by atoms with E-state index in [0.717, 1.165) is 17.9 Å². The Morgan fingerprint density at radius 1 is 1.44 bits per heavy atom. The third kappa shape index (κ3) is 2.64. The fourth-order valence-electron chi connectivity index (χ4n) is 2.31. The normalized spacial score (nSPS) is 26.2. The van der Waals surface area contributed by atoms with Gasteiger partial charge in [0.25, 0.3) is 0 Å². The van der Waals surface area contributed by atoms with Crippen LogP contribution in [-0.4, -0.2) is 23.6 Å². The molecule has 2 nitrogen and oxygen atoms in total. The van der Waals surface area contributed by atoms with E-state index in [0.29, 0.717) is 17.0 Å². The fraction of sp³-hybridized carbons (Fsp3) is 0.571. The number of nitrogens with two attached hydrogens (primary N) is 1.